The summed E-state index contributed by atoms with van der Waals surface area (Å²) in [6.45, 7) is 11.1. The summed E-state index contributed by atoms with van der Waals surface area (Å²) >= 11 is 0. The van der Waals surface area contributed by atoms with Gasteiger partial charge >= 0.3 is 0 Å². The second kappa shape index (κ2) is 8.31. The lowest BCUT2D eigenvalue weighted by Crippen LogP contribution is -2.41. The molecule has 0 amide bonds. The first kappa shape index (κ1) is 17.8. The molecule has 23 heavy (non-hydrogen) atoms. The molecule has 0 atom stereocenters. The van der Waals surface area contributed by atoms with Gasteiger partial charge in [0, 0.05) is 26.1 Å². The van der Waals surface area contributed by atoms with Crippen LogP contribution in [0.25, 0.3) is 0 Å². The van der Waals surface area contributed by atoms with Crippen LogP contribution in [0.5, 0.6) is 0 Å². The van der Waals surface area contributed by atoms with Crippen LogP contribution in [-0.2, 0) is 6.42 Å². The number of aryl methyl sites for hydroxylation is 1. The van der Waals surface area contributed by atoms with Crippen molar-refractivity contribution in [1.29, 1.82) is 0 Å². The van der Waals surface area contributed by atoms with Crippen molar-refractivity contribution in [3.8, 4) is 0 Å². The Morgan fingerprint density at radius 2 is 2.13 bits per heavy atom. The van der Waals surface area contributed by atoms with Gasteiger partial charge in [0.2, 0.25) is 5.89 Å². The van der Waals surface area contributed by atoms with E-state index >= 15 is 0 Å². The summed E-state index contributed by atoms with van der Waals surface area (Å²) in [5.74, 6) is 2.97. The summed E-state index contributed by atoms with van der Waals surface area (Å²) in [7, 11) is 0. The van der Waals surface area contributed by atoms with Crippen LogP contribution in [0.15, 0.2) is 9.52 Å². The fourth-order valence-corrected chi connectivity index (χ4v) is 3.29. The highest BCUT2D eigenvalue weighted by molar-refractivity contribution is 5.79. The van der Waals surface area contributed by atoms with Crippen LogP contribution in [-0.4, -0.2) is 35.7 Å². The van der Waals surface area contributed by atoms with Gasteiger partial charge in [0.1, 0.15) is 0 Å². The van der Waals surface area contributed by atoms with Gasteiger partial charge in [-0.3, -0.25) is 4.99 Å². The second-order valence-corrected chi connectivity index (χ2v) is 7.06. The lowest BCUT2D eigenvalue weighted by molar-refractivity contribution is 0.111. The zero-order chi connectivity index (χ0) is 16.7. The van der Waals surface area contributed by atoms with Crippen molar-refractivity contribution in [2.75, 3.05) is 19.6 Å². The number of hydrogen-bond donors (Lipinski definition) is 2. The van der Waals surface area contributed by atoms with E-state index in [1.165, 1.54) is 25.7 Å². The van der Waals surface area contributed by atoms with Gasteiger partial charge in [0.05, 0.1) is 0 Å². The third-order valence-corrected chi connectivity index (χ3v) is 4.37. The number of rotatable bonds is 8. The Morgan fingerprint density at radius 3 is 2.65 bits per heavy atom. The maximum absolute atomic E-state index is 5.13. The van der Waals surface area contributed by atoms with Crippen LogP contribution in [0.3, 0.4) is 0 Å². The minimum atomic E-state index is 0.431. The number of guanidine groups is 1. The molecule has 2 rings (SSSR count). The standard InChI is InChI=1S/C17H31N5O/c1-5-18-16(19-10-7-15-21-14(4)22-23-15)20-12-17(8-6-9-17)11-13(2)3/h13H,5-12H2,1-4H3,(H2,18,19,20). The van der Waals surface area contributed by atoms with E-state index in [0.29, 0.717) is 23.6 Å². The SMILES string of the molecule is CCNC(=NCC1(CC(C)C)CCC1)NCCc1nc(C)no1. The van der Waals surface area contributed by atoms with Crippen molar-refractivity contribution < 1.29 is 4.52 Å². The van der Waals surface area contributed by atoms with Crippen molar-refractivity contribution >= 4 is 5.96 Å². The van der Waals surface area contributed by atoms with Gasteiger partial charge in [0.25, 0.3) is 0 Å². The number of aromatic nitrogens is 2. The summed E-state index contributed by atoms with van der Waals surface area (Å²) < 4.78 is 5.13. The number of hydrogen-bond acceptors (Lipinski definition) is 4. The van der Waals surface area contributed by atoms with Crippen LogP contribution < -0.4 is 10.6 Å². The van der Waals surface area contributed by atoms with E-state index in [4.69, 9.17) is 9.52 Å². The first-order valence-corrected chi connectivity index (χ1v) is 8.84. The molecule has 6 heteroatoms. The lowest BCUT2D eigenvalue weighted by Gasteiger charge is -2.42. The van der Waals surface area contributed by atoms with E-state index in [0.717, 1.165) is 31.5 Å². The van der Waals surface area contributed by atoms with Gasteiger partial charge in [0.15, 0.2) is 11.8 Å². The summed E-state index contributed by atoms with van der Waals surface area (Å²) in [5.41, 5.74) is 0.431. The molecule has 1 aliphatic carbocycles. The molecule has 6 nitrogen and oxygen atoms in total. The smallest absolute Gasteiger partial charge is 0.228 e. The Bertz CT molecular complexity index is 505. The highest BCUT2D eigenvalue weighted by Crippen LogP contribution is 2.46. The summed E-state index contributed by atoms with van der Waals surface area (Å²) in [6.07, 6.45) is 5.97. The Hall–Kier alpha value is -1.59. The molecule has 0 spiro atoms. The average Bonchev–Trinajstić information content (AvgIpc) is 2.86. The molecular formula is C17H31N5O. The van der Waals surface area contributed by atoms with E-state index in [-0.39, 0.29) is 0 Å². The minimum Gasteiger partial charge on any atom is -0.357 e. The molecule has 1 saturated carbocycles. The molecule has 1 aromatic heterocycles. The Labute approximate surface area is 139 Å². The van der Waals surface area contributed by atoms with E-state index in [1.807, 2.05) is 6.92 Å². The molecule has 1 aliphatic rings. The topological polar surface area (TPSA) is 75.3 Å². The van der Waals surface area contributed by atoms with Crippen molar-refractivity contribution in [3.63, 3.8) is 0 Å². The summed E-state index contributed by atoms with van der Waals surface area (Å²) in [6, 6.07) is 0. The Morgan fingerprint density at radius 1 is 1.35 bits per heavy atom. The molecular weight excluding hydrogens is 290 g/mol. The summed E-state index contributed by atoms with van der Waals surface area (Å²) in [5, 5.41) is 10.5. The zero-order valence-corrected chi connectivity index (χ0v) is 15.0. The van der Waals surface area contributed by atoms with Crippen molar-refractivity contribution in [2.24, 2.45) is 16.3 Å². The van der Waals surface area contributed by atoms with Gasteiger partial charge in [-0.25, -0.2) is 0 Å². The number of nitrogens with one attached hydrogen (secondary N) is 2. The largest absolute Gasteiger partial charge is 0.357 e. The number of aliphatic imine (C=N–C) groups is 1. The average molecular weight is 321 g/mol. The van der Waals surface area contributed by atoms with Crippen LogP contribution in [0.2, 0.25) is 0 Å². The van der Waals surface area contributed by atoms with E-state index in [1.54, 1.807) is 0 Å². The molecule has 0 saturated heterocycles. The van der Waals surface area contributed by atoms with Gasteiger partial charge in [-0.05, 0) is 44.4 Å². The van der Waals surface area contributed by atoms with Crippen molar-refractivity contribution in [1.82, 2.24) is 20.8 Å². The molecule has 2 N–H and O–H groups in total. The predicted octanol–water partition coefficient (Wildman–Crippen LogP) is 2.69. The zero-order valence-electron chi connectivity index (χ0n) is 15.0. The molecule has 1 heterocycles. The Kier molecular flexibility index (Phi) is 6.42. The first-order chi connectivity index (χ1) is 11.0. The monoisotopic (exact) mass is 321 g/mol. The molecule has 1 fully saturated rings. The van der Waals surface area contributed by atoms with Crippen molar-refractivity contribution in [2.45, 2.75) is 59.8 Å². The van der Waals surface area contributed by atoms with Crippen LogP contribution in [0.4, 0.5) is 0 Å². The molecule has 1 aromatic rings. The van der Waals surface area contributed by atoms with Crippen molar-refractivity contribution in [3.05, 3.63) is 11.7 Å². The molecule has 0 unspecified atom stereocenters. The van der Waals surface area contributed by atoms with E-state index in [9.17, 15) is 0 Å². The van der Waals surface area contributed by atoms with E-state index < -0.39 is 0 Å². The highest BCUT2D eigenvalue weighted by Gasteiger charge is 2.37. The second-order valence-electron chi connectivity index (χ2n) is 7.06. The molecule has 0 aromatic carbocycles. The third kappa shape index (κ3) is 5.52. The maximum Gasteiger partial charge on any atom is 0.228 e. The Balaban J connectivity index is 1.84. The predicted molar refractivity (Wildman–Crippen MR) is 92.5 cm³/mol. The normalized spacial score (nSPS) is 17.2. The van der Waals surface area contributed by atoms with Crippen LogP contribution in [0, 0.1) is 18.3 Å². The van der Waals surface area contributed by atoms with Gasteiger partial charge in [-0.2, -0.15) is 4.98 Å². The van der Waals surface area contributed by atoms with E-state index in [2.05, 4.69) is 41.5 Å². The molecule has 0 aliphatic heterocycles. The fourth-order valence-electron chi connectivity index (χ4n) is 3.29. The maximum atomic E-state index is 5.13. The summed E-state index contributed by atoms with van der Waals surface area (Å²) in [4.78, 5) is 9.04. The molecule has 0 radical (unpaired) electrons. The highest BCUT2D eigenvalue weighted by atomic mass is 16.5. The first-order valence-electron chi connectivity index (χ1n) is 8.84. The number of nitrogens with zero attached hydrogens (tertiary/aromatic N) is 3. The van der Waals surface area contributed by atoms with Gasteiger partial charge in [-0.15, -0.1) is 0 Å². The lowest BCUT2D eigenvalue weighted by atomic mass is 9.64. The fraction of sp³-hybridized carbons (Fsp3) is 0.824. The molecule has 130 valence electrons. The van der Waals surface area contributed by atoms with Crippen LogP contribution in [0.1, 0.15) is 58.2 Å². The van der Waals surface area contributed by atoms with Crippen LogP contribution >= 0.6 is 0 Å². The molecule has 0 bridgehead atoms. The minimum absolute atomic E-state index is 0.431. The van der Waals surface area contributed by atoms with Gasteiger partial charge in [-0.1, -0.05) is 25.4 Å². The third-order valence-electron chi connectivity index (χ3n) is 4.37. The quantitative estimate of drug-likeness (QED) is 0.569. The van der Waals surface area contributed by atoms with Gasteiger partial charge < -0.3 is 15.2 Å².